The first-order chi connectivity index (χ1) is 10.0. The van der Waals surface area contributed by atoms with Crippen molar-refractivity contribution in [3.05, 3.63) is 63.7 Å². The largest absolute Gasteiger partial charge is 0.496 e. The number of hydrogen-bond donors (Lipinski definition) is 1. The maximum atomic E-state index is 13.6. The van der Waals surface area contributed by atoms with E-state index in [4.69, 9.17) is 4.74 Å². The molecule has 0 aliphatic rings. The lowest BCUT2D eigenvalue weighted by Gasteiger charge is -2.11. The van der Waals surface area contributed by atoms with Crippen molar-refractivity contribution < 1.29 is 18.4 Å². The number of methoxy groups -OCH3 is 1. The zero-order chi connectivity index (χ0) is 15.4. The number of benzene rings is 2. The van der Waals surface area contributed by atoms with E-state index in [1.807, 2.05) is 0 Å². The molecular weight excluding hydrogens is 282 g/mol. The number of rotatable bonds is 5. The van der Waals surface area contributed by atoms with Crippen molar-refractivity contribution in [3.8, 4) is 5.75 Å². The summed E-state index contributed by atoms with van der Waals surface area (Å²) < 4.78 is 32.0. The fraction of sp³-hybridized carbons (Fsp3) is 0.143. The van der Waals surface area contributed by atoms with Gasteiger partial charge in [0.05, 0.1) is 17.7 Å². The molecule has 0 saturated carbocycles. The van der Waals surface area contributed by atoms with Crippen molar-refractivity contribution in [3.63, 3.8) is 0 Å². The van der Waals surface area contributed by atoms with Crippen LogP contribution in [0, 0.1) is 21.7 Å². The quantitative estimate of drug-likeness (QED) is 0.677. The minimum Gasteiger partial charge on any atom is -0.496 e. The smallest absolute Gasteiger partial charge is 0.307 e. The van der Waals surface area contributed by atoms with Gasteiger partial charge in [-0.15, -0.1) is 0 Å². The van der Waals surface area contributed by atoms with E-state index >= 15 is 0 Å². The molecule has 0 radical (unpaired) electrons. The Balaban J connectivity index is 2.24. The molecule has 7 heteroatoms. The second-order valence-corrected chi connectivity index (χ2v) is 4.21. The van der Waals surface area contributed by atoms with E-state index in [1.165, 1.54) is 7.11 Å². The van der Waals surface area contributed by atoms with Crippen LogP contribution >= 0.6 is 0 Å². The van der Waals surface area contributed by atoms with Crippen molar-refractivity contribution in [2.24, 2.45) is 0 Å². The summed E-state index contributed by atoms with van der Waals surface area (Å²) in [5.41, 5.74) is -0.181. The van der Waals surface area contributed by atoms with Crippen molar-refractivity contribution in [1.82, 2.24) is 0 Å². The van der Waals surface area contributed by atoms with Crippen LogP contribution in [0.5, 0.6) is 5.75 Å². The Morgan fingerprint density at radius 3 is 2.62 bits per heavy atom. The average molecular weight is 294 g/mol. The van der Waals surface area contributed by atoms with Crippen molar-refractivity contribution in [2.75, 3.05) is 12.4 Å². The molecule has 0 atom stereocenters. The van der Waals surface area contributed by atoms with E-state index < -0.39 is 22.2 Å². The Kier molecular flexibility index (Phi) is 4.32. The standard InChI is InChI=1S/C14H12F2N2O3/c1-21-14-5-3-2-4-9(14)8-17-12-7-13(18(19)20)11(16)6-10(12)15/h2-7,17H,8H2,1H3. The third-order valence-electron chi connectivity index (χ3n) is 2.90. The third kappa shape index (κ3) is 3.25. The molecule has 0 fully saturated rings. The molecule has 0 amide bonds. The molecule has 21 heavy (non-hydrogen) atoms. The highest BCUT2D eigenvalue weighted by atomic mass is 19.1. The normalized spacial score (nSPS) is 10.2. The molecule has 5 nitrogen and oxygen atoms in total. The number of halogens is 2. The van der Waals surface area contributed by atoms with Gasteiger partial charge in [0.1, 0.15) is 11.6 Å². The minimum absolute atomic E-state index is 0.144. The summed E-state index contributed by atoms with van der Waals surface area (Å²) in [5.74, 6) is -1.50. The number of nitro groups is 1. The molecule has 0 aliphatic carbocycles. The molecule has 110 valence electrons. The lowest BCUT2D eigenvalue weighted by Crippen LogP contribution is -2.05. The van der Waals surface area contributed by atoms with Gasteiger partial charge in [-0.2, -0.15) is 4.39 Å². The molecule has 2 rings (SSSR count). The van der Waals surface area contributed by atoms with Crippen molar-refractivity contribution >= 4 is 11.4 Å². The van der Waals surface area contributed by atoms with Gasteiger partial charge in [-0.3, -0.25) is 10.1 Å². The van der Waals surface area contributed by atoms with E-state index in [-0.39, 0.29) is 12.2 Å². The van der Waals surface area contributed by atoms with Gasteiger partial charge in [0, 0.05) is 24.2 Å². The van der Waals surface area contributed by atoms with Crippen molar-refractivity contribution in [2.45, 2.75) is 6.54 Å². The van der Waals surface area contributed by atoms with E-state index in [2.05, 4.69) is 5.32 Å². The molecule has 0 spiro atoms. The van der Waals surface area contributed by atoms with Crippen LogP contribution in [-0.2, 0) is 6.54 Å². The van der Waals surface area contributed by atoms with Crippen LogP contribution in [0.15, 0.2) is 36.4 Å². The first-order valence-corrected chi connectivity index (χ1v) is 6.02. The highest BCUT2D eigenvalue weighted by Gasteiger charge is 2.18. The minimum atomic E-state index is -1.21. The van der Waals surface area contributed by atoms with Gasteiger partial charge >= 0.3 is 5.69 Å². The maximum absolute atomic E-state index is 13.6. The Labute approximate surface area is 119 Å². The van der Waals surface area contributed by atoms with Crippen LogP contribution in [0.25, 0.3) is 0 Å². The fourth-order valence-corrected chi connectivity index (χ4v) is 1.85. The number of ether oxygens (including phenoxy) is 1. The van der Waals surface area contributed by atoms with Gasteiger partial charge in [0.25, 0.3) is 0 Å². The SMILES string of the molecule is COc1ccccc1CNc1cc([N+](=O)[O-])c(F)cc1F. The number of anilines is 1. The van der Waals surface area contributed by atoms with Gasteiger partial charge < -0.3 is 10.1 Å². The number of nitro benzene ring substituents is 1. The molecule has 0 bridgehead atoms. The monoisotopic (exact) mass is 294 g/mol. The van der Waals surface area contributed by atoms with Gasteiger partial charge in [-0.25, -0.2) is 4.39 Å². The summed E-state index contributed by atoms with van der Waals surface area (Å²) in [5, 5.41) is 13.4. The van der Waals surface area contributed by atoms with Crippen LogP contribution in [0.1, 0.15) is 5.56 Å². The number of nitrogens with zero attached hydrogens (tertiary/aromatic N) is 1. The summed E-state index contributed by atoms with van der Waals surface area (Å²) >= 11 is 0. The number of hydrogen-bond acceptors (Lipinski definition) is 4. The number of para-hydroxylation sites is 1. The zero-order valence-electron chi connectivity index (χ0n) is 11.1. The van der Waals surface area contributed by atoms with Gasteiger partial charge in [-0.1, -0.05) is 18.2 Å². The molecule has 0 aromatic heterocycles. The first kappa shape index (κ1) is 14.7. The summed E-state index contributed by atoms with van der Waals surface area (Å²) in [6.07, 6.45) is 0. The Morgan fingerprint density at radius 2 is 1.95 bits per heavy atom. The van der Waals surface area contributed by atoms with E-state index in [1.54, 1.807) is 24.3 Å². The molecule has 1 N–H and O–H groups in total. The van der Waals surface area contributed by atoms with Crippen LogP contribution < -0.4 is 10.1 Å². The van der Waals surface area contributed by atoms with E-state index in [9.17, 15) is 18.9 Å². The topological polar surface area (TPSA) is 64.4 Å². The highest BCUT2D eigenvalue weighted by molar-refractivity contribution is 5.53. The predicted octanol–water partition coefficient (Wildman–Crippen LogP) is 3.49. The number of nitrogens with one attached hydrogen (secondary N) is 1. The maximum Gasteiger partial charge on any atom is 0.307 e. The molecule has 0 unspecified atom stereocenters. The van der Waals surface area contributed by atoms with Gasteiger partial charge in [0.15, 0.2) is 0 Å². The Hall–Kier alpha value is -2.70. The van der Waals surface area contributed by atoms with Gasteiger partial charge in [-0.05, 0) is 6.07 Å². The Morgan fingerprint density at radius 1 is 1.24 bits per heavy atom. The molecule has 0 heterocycles. The summed E-state index contributed by atoms with van der Waals surface area (Å²) in [4.78, 5) is 9.76. The average Bonchev–Trinajstić information content (AvgIpc) is 2.46. The second-order valence-electron chi connectivity index (χ2n) is 4.21. The summed E-state index contributed by atoms with van der Waals surface area (Å²) in [6, 6.07) is 8.39. The van der Waals surface area contributed by atoms with E-state index in [0.29, 0.717) is 11.8 Å². The summed E-state index contributed by atoms with van der Waals surface area (Å²) in [6.45, 7) is 0.184. The first-order valence-electron chi connectivity index (χ1n) is 6.02. The molecule has 0 aliphatic heterocycles. The van der Waals surface area contributed by atoms with Crippen molar-refractivity contribution in [1.29, 1.82) is 0 Å². The predicted molar refractivity (Wildman–Crippen MR) is 73.3 cm³/mol. The molecule has 0 saturated heterocycles. The van der Waals surface area contributed by atoms with Crippen LogP contribution in [0.3, 0.4) is 0 Å². The highest BCUT2D eigenvalue weighted by Crippen LogP contribution is 2.26. The van der Waals surface area contributed by atoms with Gasteiger partial charge in [0.2, 0.25) is 5.82 Å². The lowest BCUT2D eigenvalue weighted by molar-refractivity contribution is -0.387. The lowest BCUT2D eigenvalue weighted by atomic mass is 10.2. The third-order valence-corrected chi connectivity index (χ3v) is 2.90. The molecule has 2 aromatic carbocycles. The zero-order valence-corrected chi connectivity index (χ0v) is 11.1. The van der Waals surface area contributed by atoms with E-state index in [0.717, 1.165) is 11.6 Å². The summed E-state index contributed by atoms with van der Waals surface area (Å²) in [7, 11) is 1.50. The molecule has 2 aromatic rings. The fourth-order valence-electron chi connectivity index (χ4n) is 1.85. The molecular formula is C14H12F2N2O3. The van der Waals surface area contributed by atoms with Crippen LogP contribution in [-0.4, -0.2) is 12.0 Å². The van der Waals surface area contributed by atoms with Crippen LogP contribution in [0.4, 0.5) is 20.2 Å². The van der Waals surface area contributed by atoms with Crippen LogP contribution in [0.2, 0.25) is 0 Å². The second kappa shape index (κ2) is 6.17. The Bertz CT molecular complexity index is 677.